The highest BCUT2D eigenvalue weighted by molar-refractivity contribution is 5.23. The Morgan fingerprint density at radius 1 is 1.29 bits per heavy atom. The van der Waals surface area contributed by atoms with Gasteiger partial charge in [-0.2, -0.15) is 0 Å². The summed E-state index contributed by atoms with van der Waals surface area (Å²) in [6.07, 6.45) is 0. The van der Waals surface area contributed by atoms with Gasteiger partial charge in [0.25, 0.3) is 0 Å². The largest absolute Gasteiger partial charge is 0.378 e. The van der Waals surface area contributed by atoms with Gasteiger partial charge in [-0.1, -0.05) is 38.1 Å². The topological polar surface area (TPSA) is 24.5 Å². The third-order valence-electron chi connectivity index (χ3n) is 4.06. The lowest BCUT2D eigenvalue weighted by molar-refractivity contribution is -0.0552. The van der Waals surface area contributed by atoms with Crippen LogP contribution in [0.4, 0.5) is 0 Å². The van der Waals surface area contributed by atoms with E-state index in [0.717, 1.165) is 39.4 Å². The molecule has 0 saturated carbocycles. The first kappa shape index (κ1) is 16.5. The molecule has 1 fully saturated rings. The second kappa shape index (κ2) is 7.39. The van der Waals surface area contributed by atoms with Gasteiger partial charge in [-0.15, -0.1) is 0 Å². The SMILES string of the molecule is CC(C)CNCc1cccc(CN2CCOCC2(C)C)c1. The van der Waals surface area contributed by atoms with Crippen LogP contribution < -0.4 is 5.32 Å². The summed E-state index contributed by atoms with van der Waals surface area (Å²) in [5.74, 6) is 0.697. The minimum atomic E-state index is 0.129. The minimum Gasteiger partial charge on any atom is -0.378 e. The van der Waals surface area contributed by atoms with E-state index in [-0.39, 0.29) is 5.54 Å². The molecular weight excluding hydrogens is 260 g/mol. The lowest BCUT2D eigenvalue weighted by atomic mass is 10.0. The van der Waals surface area contributed by atoms with Gasteiger partial charge in [0.15, 0.2) is 0 Å². The van der Waals surface area contributed by atoms with Crippen molar-refractivity contribution in [1.82, 2.24) is 10.2 Å². The highest BCUT2D eigenvalue weighted by Crippen LogP contribution is 2.21. The molecule has 0 aliphatic carbocycles. The first-order chi connectivity index (χ1) is 9.97. The fraction of sp³-hybridized carbons (Fsp3) is 0.667. The van der Waals surface area contributed by atoms with Gasteiger partial charge in [-0.05, 0) is 37.4 Å². The molecule has 1 aliphatic heterocycles. The van der Waals surface area contributed by atoms with Crippen LogP contribution in [-0.2, 0) is 17.8 Å². The molecule has 0 aromatic heterocycles. The number of hydrogen-bond donors (Lipinski definition) is 1. The molecule has 0 spiro atoms. The lowest BCUT2D eigenvalue weighted by Gasteiger charge is -2.42. The van der Waals surface area contributed by atoms with Crippen LogP contribution in [0.15, 0.2) is 24.3 Å². The number of nitrogens with zero attached hydrogens (tertiary/aromatic N) is 1. The first-order valence-electron chi connectivity index (χ1n) is 8.09. The molecule has 1 aromatic rings. The summed E-state index contributed by atoms with van der Waals surface area (Å²) in [6, 6.07) is 8.95. The van der Waals surface area contributed by atoms with E-state index < -0.39 is 0 Å². The fourth-order valence-electron chi connectivity index (χ4n) is 2.75. The number of ether oxygens (including phenoxy) is 1. The summed E-state index contributed by atoms with van der Waals surface area (Å²) in [5.41, 5.74) is 2.90. The van der Waals surface area contributed by atoms with Crippen molar-refractivity contribution in [3.05, 3.63) is 35.4 Å². The molecule has 1 heterocycles. The van der Waals surface area contributed by atoms with Crippen LogP contribution in [0.25, 0.3) is 0 Å². The van der Waals surface area contributed by atoms with E-state index in [4.69, 9.17) is 4.74 Å². The van der Waals surface area contributed by atoms with Crippen molar-refractivity contribution >= 4 is 0 Å². The molecule has 0 radical (unpaired) electrons. The van der Waals surface area contributed by atoms with Crippen LogP contribution in [0, 0.1) is 5.92 Å². The van der Waals surface area contributed by atoms with Crippen LogP contribution >= 0.6 is 0 Å². The quantitative estimate of drug-likeness (QED) is 0.871. The Labute approximate surface area is 129 Å². The van der Waals surface area contributed by atoms with Crippen LogP contribution in [0.1, 0.15) is 38.8 Å². The molecule has 0 atom stereocenters. The van der Waals surface area contributed by atoms with Crippen molar-refractivity contribution in [1.29, 1.82) is 0 Å². The second-order valence-electron chi connectivity index (χ2n) is 7.13. The summed E-state index contributed by atoms with van der Waals surface area (Å²) in [6.45, 7) is 14.7. The predicted molar refractivity (Wildman–Crippen MR) is 88.3 cm³/mol. The molecule has 1 aliphatic rings. The Kier molecular flexibility index (Phi) is 5.80. The zero-order valence-corrected chi connectivity index (χ0v) is 14.0. The molecule has 1 aromatic carbocycles. The van der Waals surface area contributed by atoms with E-state index in [0.29, 0.717) is 5.92 Å². The van der Waals surface area contributed by atoms with E-state index in [1.807, 2.05) is 0 Å². The maximum absolute atomic E-state index is 5.60. The first-order valence-corrected chi connectivity index (χ1v) is 8.09. The van der Waals surface area contributed by atoms with Crippen molar-refractivity contribution in [3.63, 3.8) is 0 Å². The third-order valence-corrected chi connectivity index (χ3v) is 4.06. The summed E-state index contributed by atoms with van der Waals surface area (Å²) >= 11 is 0. The maximum Gasteiger partial charge on any atom is 0.0645 e. The molecular formula is C18H30N2O. The highest BCUT2D eigenvalue weighted by Gasteiger charge is 2.30. The van der Waals surface area contributed by atoms with E-state index >= 15 is 0 Å². The predicted octanol–water partition coefficient (Wildman–Crippen LogP) is 3.04. The Hall–Kier alpha value is -0.900. The Morgan fingerprint density at radius 3 is 2.76 bits per heavy atom. The molecule has 118 valence electrons. The Balaban J connectivity index is 1.94. The van der Waals surface area contributed by atoms with Crippen molar-refractivity contribution in [2.45, 2.75) is 46.3 Å². The molecule has 1 N–H and O–H groups in total. The van der Waals surface area contributed by atoms with Crippen molar-refractivity contribution in [2.75, 3.05) is 26.3 Å². The zero-order valence-electron chi connectivity index (χ0n) is 14.0. The maximum atomic E-state index is 5.60. The number of hydrogen-bond acceptors (Lipinski definition) is 3. The minimum absolute atomic E-state index is 0.129. The van der Waals surface area contributed by atoms with Gasteiger partial charge in [0.1, 0.15) is 0 Å². The normalized spacial score (nSPS) is 19.1. The summed E-state index contributed by atoms with van der Waals surface area (Å²) in [5, 5.41) is 3.51. The number of nitrogens with one attached hydrogen (secondary N) is 1. The second-order valence-corrected chi connectivity index (χ2v) is 7.13. The summed E-state index contributed by atoms with van der Waals surface area (Å²) in [4.78, 5) is 2.52. The average Bonchev–Trinajstić information content (AvgIpc) is 2.41. The van der Waals surface area contributed by atoms with Crippen LogP contribution in [0.3, 0.4) is 0 Å². The number of benzene rings is 1. The van der Waals surface area contributed by atoms with E-state index in [9.17, 15) is 0 Å². The summed E-state index contributed by atoms with van der Waals surface area (Å²) in [7, 11) is 0. The highest BCUT2D eigenvalue weighted by atomic mass is 16.5. The van der Waals surface area contributed by atoms with E-state index in [2.05, 4.69) is 62.2 Å². The van der Waals surface area contributed by atoms with Crippen LogP contribution in [0.2, 0.25) is 0 Å². The van der Waals surface area contributed by atoms with Gasteiger partial charge in [0.05, 0.1) is 13.2 Å². The van der Waals surface area contributed by atoms with Gasteiger partial charge in [-0.25, -0.2) is 0 Å². The number of morpholine rings is 1. The Morgan fingerprint density at radius 2 is 2.05 bits per heavy atom. The van der Waals surface area contributed by atoms with E-state index in [1.54, 1.807) is 0 Å². The molecule has 2 rings (SSSR count). The standard InChI is InChI=1S/C18H30N2O/c1-15(2)11-19-12-16-6-5-7-17(10-16)13-20-8-9-21-14-18(20,3)4/h5-7,10,15,19H,8-9,11-14H2,1-4H3. The summed E-state index contributed by atoms with van der Waals surface area (Å²) < 4.78 is 5.60. The van der Waals surface area contributed by atoms with Crippen molar-refractivity contribution < 1.29 is 4.74 Å². The monoisotopic (exact) mass is 290 g/mol. The average molecular weight is 290 g/mol. The smallest absolute Gasteiger partial charge is 0.0645 e. The van der Waals surface area contributed by atoms with Gasteiger partial charge in [0, 0.05) is 25.2 Å². The van der Waals surface area contributed by atoms with Crippen LogP contribution in [0.5, 0.6) is 0 Å². The van der Waals surface area contributed by atoms with Gasteiger partial charge in [-0.3, -0.25) is 4.90 Å². The van der Waals surface area contributed by atoms with E-state index in [1.165, 1.54) is 11.1 Å². The zero-order chi connectivity index (χ0) is 15.3. The van der Waals surface area contributed by atoms with Gasteiger partial charge in [0.2, 0.25) is 0 Å². The third kappa shape index (κ3) is 5.10. The molecule has 3 nitrogen and oxygen atoms in total. The van der Waals surface area contributed by atoms with Crippen molar-refractivity contribution in [3.8, 4) is 0 Å². The van der Waals surface area contributed by atoms with Crippen molar-refractivity contribution in [2.24, 2.45) is 5.92 Å². The molecule has 1 saturated heterocycles. The van der Waals surface area contributed by atoms with Crippen LogP contribution in [-0.4, -0.2) is 36.7 Å². The van der Waals surface area contributed by atoms with Gasteiger partial charge >= 0.3 is 0 Å². The molecule has 3 heteroatoms. The molecule has 0 bridgehead atoms. The van der Waals surface area contributed by atoms with Gasteiger partial charge < -0.3 is 10.1 Å². The lowest BCUT2D eigenvalue weighted by Crippen LogP contribution is -2.52. The fourth-order valence-corrected chi connectivity index (χ4v) is 2.75. The molecule has 0 unspecified atom stereocenters. The number of rotatable bonds is 6. The Bertz CT molecular complexity index is 443. The molecule has 0 amide bonds. The molecule has 21 heavy (non-hydrogen) atoms.